The fourth-order valence-electron chi connectivity index (χ4n) is 7.16. The Morgan fingerprint density at radius 2 is 0.864 bits per heavy atom. The Bertz CT molecular complexity index is 1020. The van der Waals surface area contributed by atoms with E-state index in [9.17, 15) is 19.0 Å². The molecule has 10 heteroatoms. The zero-order valence-corrected chi connectivity index (χ0v) is 39.4. The molecule has 0 aromatic heterocycles. The van der Waals surface area contributed by atoms with Gasteiger partial charge in [-0.25, -0.2) is 4.57 Å². The second-order valence-corrected chi connectivity index (χ2v) is 18.2. The molecule has 59 heavy (non-hydrogen) atoms. The van der Waals surface area contributed by atoms with Gasteiger partial charge in [0, 0.05) is 19.4 Å². The molecule has 0 saturated carbocycles. The summed E-state index contributed by atoms with van der Waals surface area (Å²) >= 11 is 0. The Labute approximate surface area is 363 Å². The fourth-order valence-corrected chi connectivity index (χ4v) is 7.92. The van der Waals surface area contributed by atoms with Crippen molar-refractivity contribution in [2.45, 2.75) is 251 Å². The summed E-state index contributed by atoms with van der Waals surface area (Å²) in [6.07, 6.45) is 50.8. The Balaban J connectivity index is 4.00. The van der Waals surface area contributed by atoms with Crippen molar-refractivity contribution in [1.82, 2.24) is 0 Å². The van der Waals surface area contributed by atoms with Crippen molar-refractivity contribution in [2.75, 3.05) is 26.4 Å². The van der Waals surface area contributed by atoms with E-state index in [4.69, 9.17) is 24.3 Å². The van der Waals surface area contributed by atoms with E-state index in [-0.39, 0.29) is 38.6 Å². The van der Waals surface area contributed by atoms with Crippen LogP contribution in [0.15, 0.2) is 24.3 Å². The molecule has 0 aliphatic rings. The average Bonchev–Trinajstić information content (AvgIpc) is 3.22. The molecular formula is C49H94NO8P. The van der Waals surface area contributed by atoms with Crippen LogP contribution in [0.1, 0.15) is 245 Å². The zero-order chi connectivity index (χ0) is 43.2. The molecule has 0 aliphatic heterocycles. The van der Waals surface area contributed by atoms with Crippen LogP contribution < -0.4 is 5.73 Å². The van der Waals surface area contributed by atoms with Gasteiger partial charge in [-0.3, -0.25) is 18.6 Å². The Kier molecular flexibility index (Phi) is 44.8. The van der Waals surface area contributed by atoms with Gasteiger partial charge in [0.25, 0.3) is 0 Å². The third-order valence-corrected chi connectivity index (χ3v) is 11.9. The zero-order valence-electron chi connectivity index (χ0n) is 38.5. The molecule has 0 aromatic carbocycles. The average molecular weight is 856 g/mol. The van der Waals surface area contributed by atoms with E-state index in [0.29, 0.717) is 6.42 Å². The lowest BCUT2D eigenvalue weighted by atomic mass is 10.0. The molecule has 0 spiro atoms. The number of phosphoric ester groups is 1. The van der Waals surface area contributed by atoms with Gasteiger partial charge in [-0.15, -0.1) is 0 Å². The summed E-state index contributed by atoms with van der Waals surface area (Å²) < 4.78 is 32.9. The summed E-state index contributed by atoms with van der Waals surface area (Å²) in [7, 11) is -4.38. The van der Waals surface area contributed by atoms with Gasteiger partial charge in [-0.05, 0) is 38.5 Å². The topological polar surface area (TPSA) is 134 Å². The van der Waals surface area contributed by atoms with Gasteiger partial charge in [0.05, 0.1) is 13.2 Å². The molecule has 1 unspecified atom stereocenters. The van der Waals surface area contributed by atoms with Crippen molar-refractivity contribution in [2.24, 2.45) is 5.73 Å². The maximum absolute atomic E-state index is 12.6. The first-order valence-corrected chi connectivity index (χ1v) is 26.3. The molecular weight excluding hydrogens is 762 g/mol. The molecule has 0 aromatic rings. The van der Waals surface area contributed by atoms with Crippen LogP contribution >= 0.6 is 7.82 Å². The minimum absolute atomic E-state index is 0.0524. The van der Waals surface area contributed by atoms with E-state index in [1.54, 1.807) is 0 Å². The summed E-state index contributed by atoms with van der Waals surface area (Å²) in [5, 5.41) is 0. The fraction of sp³-hybridized carbons (Fsp3) is 0.878. The molecule has 0 fully saturated rings. The lowest BCUT2D eigenvalue weighted by molar-refractivity contribution is -0.161. The van der Waals surface area contributed by atoms with Gasteiger partial charge in [-0.2, -0.15) is 0 Å². The number of nitrogens with two attached hydrogens (primary N) is 1. The second kappa shape index (κ2) is 46.0. The molecule has 0 heterocycles. The predicted octanol–water partition coefficient (Wildman–Crippen LogP) is 14.7. The second-order valence-electron chi connectivity index (χ2n) is 16.7. The molecule has 2 atom stereocenters. The number of rotatable bonds is 47. The van der Waals surface area contributed by atoms with Gasteiger partial charge >= 0.3 is 19.8 Å². The summed E-state index contributed by atoms with van der Waals surface area (Å²) in [6.45, 7) is 3.73. The van der Waals surface area contributed by atoms with Crippen LogP contribution in [-0.4, -0.2) is 49.3 Å². The number of ether oxygens (including phenoxy) is 2. The van der Waals surface area contributed by atoms with Crippen LogP contribution in [0.3, 0.4) is 0 Å². The molecule has 0 rings (SSSR count). The minimum atomic E-state index is -4.38. The van der Waals surface area contributed by atoms with Crippen LogP contribution in [0.2, 0.25) is 0 Å². The maximum Gasteiger partial charge on any atom is 0.472 e. The van der Waals surface area contributed by atoms with E-state index >= 15 is 0 Å². The predicted molar refractivity (Wildman–Crippen MR) is 247 cm³/mol. The normalized spacial score (nSPS) is 13.4. The van der Waals surface area contributed by atoms with E-state index in [0.717, 1.165) is 57.8 Å². The van der Waals surface area contributed by atoms with Crippen molar-refractivity contribution in [3.8, 4) is 0 Å². The van der Waals surface area contributed by atoms with Crippen LogP contribution in [0.25, 0.3) is 0 Å². The van der Waals surface area contributed by atoms with Crippen LogP contribution in [0.4, 0.5) is 0 Å². The highest BCUT2D eigenvalue weighted by molar-refractivity contribution is 7.47. The first-order valence-electron chi connectivity index (χ1n) is 24.8. The molecule has 3 N–H and O–H groups in total. The van der Waals surface area contributed by atoms with Crippen molar-refractivity contribution < 1.29 is 37.6 Å². The van der Waals surface area contributed by atoms with Gasteiger partial charge < -0.3 is 20.1 Å². The first kappa shape index (κ1) is 57.5. The van der Waals surface area contributed by atoms with Crippen LogP contribution in [-0.2, 0) is 32.7 Å². The van der Waals surface area contributed by atoms with Gasteiger partial charge in [0.2, 0.25) is 0 Å². The Hall–Kier alpha value is -1.51. The SMILES string of the molecule is CCCCCC/C=C/C=C/CCCCCCCC(=O)O[C@@H](COC(=O)CCCCCCCCCCCCCCCCCCCCCCCCC)COP(=O)(O)OCCN. The number of carbonyl (C=O) groups excluding carboxylic acids is 2. The highest BCUT2D eigenvalue weighted by Gasteiger charge is 2.26. The van der Waals surface area contributed by atoms with Crippen molar-refractivity contribution in [3.63, 3.8) is 0 Å². The third kappa shape index (κ3) is 45.8. The lowest BCUT2D eigenvalue weighted by Gasteiger charge is -2.19. The summed E-state index contributed by atoms with van der Waals surface area (Å²) in [5.74, 6) is -0.834. The van der Waals surface area contributed by atoms with E-state index < -0.39 is 26.5 Å². The summed E-state index contributed by atoms with van der Waals surface area (Å²) in [5.41, 5.74) is 5.36. The smallest absolute Gasteiger partial charge is 0.462 e. The monoisotopic (exact) mass is 856 g/mol. The largest absolute Gasteiger partial charge is 0.472 e. The lowest BCUT2D eigenvalue weighted by Crippen LogP contribution is -2.29. The molecule has 0 aliphatic carbocycles. The van der Waals surface area contributed by atoms with Crippen LogP contribution in [0, 0.1) is 0 Å². The molecule has 9 nitrogen and oxygen atoms in total. The number of hydrogen-bond donors (Lipinski definition) is 2. The number of esters is 2. The molecule has 0 amide bonds. The number of unbranched alkanes of at least 4 members (excludes halogenated alkanes) is 31. The van der Waals surface area contributed by atoms with Gasteiger partial charge in [0.15, 0.2) is 6.10 Å². The van der Waals surface area contributed by atoms with Crippen molar-refractivity contribution in [1.29, 1.82) is 0 Å². The van der Waals surface area contributed by atoms with Crippen molar-refractivity contribution in [3.05, 3.63) is 24.3 Å². The van der Waals surface area contributed by atoms with Gasteiger partial charge in [-0.1, -0.05) is 218 Å². The number of hydrogen-bond acceptors (Lipinski definition) is 8. The Morgan fingerprint density at radius 3 is 1.27 bits per heavy atom. The standard InChI is InChI=1S/C49H94NO8P/c1-3-5-7-9-11-13-15-17-19-20-21-22-23-24-25-26-28-29-31-33-35-37-39-41-48(51)55-45-47(46-57-59(53,54)56-44-43-50)58-49(52)42-40-38-36-34-32-30-27-18-16-14-12-10-8-6-4-2/h14,16,18,27,47H,3-13,15,17,19-26,28-46,50H2,1-2H3,(H,53,54)/b16-14+,27-18+/t47-/m0/s1. The van der Waals surface area contributed by atoms with E-state index in [1.807, 2.05) is 0 Å². The number of allylic oxidation sites excluding steroid dienone is 4. The molecule has 0 radical (unpaired) electrons. The summed E-state index contributed by atoms with van der Waals surface area (Å²) in [6, 6.07) is 0. The van der Waals surface area contributed by atoms with Gasteiger partial charge in [0.1, 0.15) is 6.61 Å². The molecule has 0 bridgehead atoms. The minimum Gasteiger partial charge on any atom is -0.462 e. The van der Waals surface area contributed by atoms with E-state index in [2.05, 4.69) is 38.2 Å². The first-order chi connectivity index (χ1) is 28.8. The maximum atomic E-state index is 12.6. The molecule has 0 saturated heterocycles. The van der Waals surface area contributed by atoms with Crippen LogP contribution in [0.5, 0.6) is 0 Å². The highest BCUT2D eigenvalue weighted by Crippen LogP contribution is 2.43. The highest BCUT2D eigenvalue weighted by atomic mass is 31.2. The molecule has 348 valence electrons. The number of phosphoric acid groups is 1. The Morgan fingerprint density at radius 1 is 0.508 bits per heavy atom. The van der Waals surface area contributed by atoms with Crippen molar-refractivity contribution >= 4 is 19.8 Å². The van der Waals surface area contributed by atoms with E-state index in [1.165, 1.54) is 154 Å². The third-order valence-electron chi connectivity index (χ3n) is 10.9. The summed E-state index contributed by atoms with van der Waals surface area (Å²) in [4.78, 5) is 35.0. The number of carbonyl (C=O) groups is 2. The quantitative estimate of drug-likeness (QED) is 0.0265.